The van der Waals surface area contributed by atoms with Crippen LogP contribution < -0.4 is 4.72 Å². The normalized spacial score (nSPS) is 21.3. The first kappa shape index (κ1) is 15.4. The minimum Gasteiger partial charge on any atom is -0.369 e. The lowest BCUT2D eigenvalue weighted by Gasteiger charge is -2.32. The lowest BCUT2D eigenvalue weighted by molar-refractivity contribution is -0.138. The Hall–Kier alpha value is -0.660. The van der Waals surface area contributed by atoms with E-state index in [1.807, 2.05) is 13.8 Å². The third-order valence-corrected chi connectivity index (χ3v) is 3.46. The SMILES string of the molecule is CC(C)OCC(=O)N1CCCC(NS(C)(=O)=O)C1. The first-order valence-corrected chi connectivity index (χ1v) is 8.04. The molecule has 0 aromatic rings. The smallest absolute Gasteiger partial charge is 0.248 e. The summed E-state index contributed by atoms with van der Waals surface area (Å²) in [5.74, 6) is -0.0799. The molecule has 1 unspecified atom stereocenters. The molecule has 1 fully saturated rings. The molecule has 7 heteroatoms. The van der Waals surface area contributed by atoms with E-state index < -0.39 is 10.0 Å². The van der Waals surface area contributed by atoms with Crippen LogP contribution >= 0.6 is 0 Å². The van der Waals surface area contributed by atoms with Crippen LogP contribution in [-0.2, 0) is 19.6 Å². The number of rotatable bonds is 5. The third kappa shape index (κ3) is 5.79. The fraction of sp³-hybridized carbons (Fsp3) is 0.909. The van der Waals surface area contributed by atoms with Crippen LogP contribution in [0, 0.1) is 0 Å². The van der Waals surface area contributed by atoms with Crippen molar-refractivity contribution in [3.8, 4) is 0 Å². The highest BCUT2D eigenvalue weighted by molar-refractivity contribution is 7.88. The number of amides is 1. The van der Waals surface area contributed by atoms with E-state index in [0.29, 0.717) is 13.1 Å². The van der Waals surface area contributed by atoms with Crippen LogP contribution in [-0.4, -0.2) is 57.3 Å². The Balaban J connectivity index is 2.45. The molecule has 0 radical (unpaired) electrons. The molecule has 0 aliphatic carbocycles. The van der Waals surface area contributed by atoms with Gasteiger partial charge in [-0.2, -0.15) is 0 Å². The van der Waals surface area contributed by atoms with Gasteiger partial charge in [-0.25, -0.2) is 13.1 Å². The zero-order valence-electron chi connectivity index (χ0n) is 11.2. The van der Waals surface area contributed by atoms with E-state index in [9.17, 15) is 13.2 Å². The number of likely N-dealkylation sites (tertiary alicyclic amines) is 1. The van der Waals surface area contributed by atoms with Gasteiger partial charge in [0.25, 0.3) is 0 Å². The third-order valence-electron chi connectivity index (χ3n) is 2.69. The minimum absolute atomic E-state index is 0.0173. The lowest BCUT2D eigenvalue weighted by Crippen LogP contribution is -2.50. The molecular weight excluding hydrogens is 256 g/mol. The van der Waals surface area contributed by atoms with Gasteiger partial charge in [0.15, 0.2) is 0 Å². The number of piperidine rings is 1. The zero-order chi connectivity index (χ0) is 13.8. The van der Waals surface area contributed by atoms with Crippen molar-refractivity contribution in [3.05, 3.63) is 0 Å². The summed E-state index contributed by atoms with van der Waals surface area (Å²) in [6.07, 6.45) is 2.72. The van der Waals surface area contributed by atoms with Crippen LogP contribution in [0.2, 0.25) is 0 Å². The van der Waals surface area contributed by atoms with Crippen LogP contribution in [0.25, 0.3) is 0 Å². The summed E-state index contributed by atoms with van der Waals surface area (Å²) in [6.45, 7) is 4.90. The quantitative estimate of drug-likeness (QED) is 0.765. The van der Waals surface area contributed by atoms with Crippen molar-refractivity contribution in [3.63, 3.8) is 0 Å². The Morgan fingerprint density at radius 3 is 2.72 bits per heavy atom. The van der Waals surface area contributed by atoms with Crippen molar-refractivity contribution < 1.29 is 17.9 Å². The molecule has 1 aliphatic heterocycles. The topological polar surface area (TPSA) is 75.7 Å². The number of hydrogen-bond donors (Lipinski definition) is 1. The molecular formula is C11H22N2O4S. The van der Waals surface area contributed by atoms with Crippen LogP contribution in [0.15, 0.2) is 0 Å². The lowest BCUT2D eigenvalue weighted by atomic mass is 10.1. The maximum Gasteiger partial charge on any atom is 0.248 e. The van der Waals surface area contributed by atoms with Gasteiger partial charge in [0.2, 0.25) is 15.9 Å². The molecule has 1 heterocycles. The molecule has 18 heavy (non-hydrogen) atoms. The average molecular weight is 278 g/mol. The predicted octanol–water partition coefficient (Wildman–Crippen LogP) is -0.0484. The van der Waals surface area contributed by atoms with Gasteiger partial charge in [0.1, 0.15) is 6.61 Å². The van der Waals surface area contributed by atoms with Crippen molar-refractivity contribution in [2.45, 2.75) is 38.8 Å². The number of carbonyl (C=O) groups is 1. The van der Waals surface area contributed by atoms with Gasteiger partial charge in [-0.3, -0.25) is 4.79 Å². The maximum atomic E-state index is 11.8. The van der Waals surface area contributed by atoms with E-state index in [0.717, 1.165) is 19.1 Å². The first-order chi connectivity index (χ1) is 8.28. The number of carbonyl (C=O) groups excluding carboxylic acids is 1. The molecule has 0 bridgehead atoms. The molecule has 1 amide bonds. The van der Waals surface area contributed by atoms with E-state index in [-0.39, 0.29) is 24.7 Å². The van der Waals surface area contributed by atoms with Crippen molar-refractivity contribution >= 4 is 15.9 Å². The summed E-state index contributed by atoms with van der Waals surface area (Å²) in [5, 5.41) is 0. The van der Waals surface area contributed by atoms with Gasteiger partial charge in [-0.1, -0.05) is 0 Å². The van der Waals surface area contributed by atoms with Gasteiger partial charge < -0.3 is 9.64 Å². The molecule has 1 N–H and O–H groups in total. The van der Waals surface area contributed by atoms with Gasteiger partial charge in [-0.05, 0) is 26.7 Å². The second-order valence-corrected chi connectivity index (χ2v) is 6.71. The number of hydrogen-bond acceptors (Lipinski definition) is 4. The molecule has 0 aromatic carbocycles. The van der Waals surface area contributed by atoms with Crippen LogP contribution in [0.5, 0.6) is 0 Å². The van der Waals surface area contributed by atoms with Crippen molar-refractivity contribution in [2.24, 2.45) is 0 Å². The number of nitrogens with zero attached hydrogens (tertiary/aromatic N) is 1. The summed E-state index contributed by atoms with van der Waals surface area (Å²) < 4.78 is 30.1. The molecule has 6 nitrogen and oxygen atoms in total. The Kier molecular flexibility index (Phi) is 5.55. The van der Waals surface area contributed by atoms with E-state index in [1.54, 1.807) is 4.90 Å². The van der Waals surface area contributed by atoms with E-state index in [4.69, 9.17) is 4.74 Å². The first-order valence-electron chi connectivity index (χ1n) is 6.14. The number of nitrogens with one attached hydrogen (secondary N) is 1. The summed E-state index contributed by atoms with van der Waals surface area (Å²) in [6, 6.07) is -0.184. The summed E-state index contributed by atoms with van der Waals surface area (Å²) >= 11 is 0. The van der Waals surface area contributed by atoms with E-state index in [1.165, 1.54) is 0 Å². The highest BCUT2D eigenvalue weighted by atomic mass is 32.2. The number of ether oxygens (including phenoxy) is 1. The molecule has 0 spiro atoms. The summed E-state index contributed by atoms with van der Waals surface area (Å²) in [7, 11) is -3.22. The highest BCUT2D eigenvalue weighted by Gasteiger charge is 2.25. The number of sulfonamides is 1. The monoisotopic (exact) mass is 278 g/mol. The van der Waals surface area contributed by atoms with E-state index >= 15 is 0 Å². The molecule has 0 saturated carbocycles. The van der Waals surface area contributed by atoms with Crippen LogP contribution in [0.4, 0.5) is 0 Å². The molecule has 1 aliphatic rings. The van der Waals surface area contributed by atoms with Gasteiger partial charge in [0.05, 0.1) is 12.4 Å². The Morgan fingerprint density at radius 2 is 2.17 bits per heavy atom. The molecule has 1 saturated heterocycles. The Morgan fingerprint density at radius 1 is 1.50 bits per heavy atom. The zero-order valence-corrected chi connectivity index (χ0v) is 12.0. The molecule has 1 rings (SSSR count). The second-order valence-electron chi connectivity index (χ2n) is 4.93. The molecule has 106 valence electrons. The average Bonchev–Trinajstić information content (AvgIpc) is 2.23. The molecule has 1 atom stereocenters. The Labute approximate surface area is 109 Å². The largest absolute Gasteiger partial charge is 0.369 e. The fourth-order valence-corrected chi connectivity index (χ4v) is 2.73. The van der Waals surface area contributed by atoms with Gasteiger partial charge in [-0.15, -0.1) is 0 Å². The summed E-state index contributed by atoms with van der Waals surface area (Å²) in [5.41, 5.74) is 0. The van der Waals surface area contributed by atoms with E-state index in [2.05, 4.69) is 4.72 Å². The van der Waals surface area contributed by atoms with Crippen molar-refractivity contribution in [1.82, 2.24) is 9.62 Å². The van der Waals surface area contributed by atoms with Crippen LogP contribution in [0.1, 0.15) is 26.7 Å². The van der Waals surface area contributed by atoms with Gasteiger partial charge >= 0.3 is 0 Å². The van der Waals surface area contributed by atoms with Crippen LogP contribution in [0.3, 0.4) is 0 Å². The minimum atomic E-state index is -3.22. The second kappa shape index (κ2) is 6.49. The molecule has 0 aromatic heterocycles. The van der Waals surface area contributed by atoms with Crippen molar-refractivity contribution in [2.75, 3.05) is 26.0 Å². The Bertz CT molecular complexity index is 381. The maximum absolute atomic E-state index is 11.8. The van der Waals surface area contributed by atoms with Gasteiger partial charge in [0, 0.05) is 19.1 Å². The highest BCUT2D eigenvalue weighted by Crippen LogP contribution is 2.11. The standard InChI is InChI=1S/C11H22N2O4S/c1-9(2)17-8-11(14)13-6-4-5-10(7-13)12-18(3,15)16/h9-10,12H,4-8H2,1-3H3. The fourth-order valence-electron chi connectivity index (χ4n) is 1.93. The van der Waals surface area contributed by atoms with Crippen molar-refractivity contribution in [1.29, 1.82) is 0 Å². The summed E-state index contributed by atoms with van der Waals surface area (Å²) in [4.78, 5) is 13.5. The predicted molar refractivity (Wildman–Crippen MR) is 68.7 cm³/mol.